The Labute approximate surface area is 137 Å². The minimum Gasteiger partial charge on any atom is -0.507 e. The molecular weight excluding hydrogens is 292 g/mol. The molecule has 0 aromatic heterocycles. The zero-order valence-corrected chi connectivity index (χ0v) is 14.3. The van der Waals surface area contributed by atoms with Crippen LogP contribution >= 0.6 is 0 Å². The van der Waals surface area contributed by atoms with Gasteiger partial charge in [-0.25, -0.2) is 0 Å². The standard InChI is InChI=1S/C19H26O4/c1-5-6-11-9-13(20)16-14(10-11)23-18(2,3)12-7-8-19(4,22)17(21)15(12)16/h9-10,17,20-22H,5-8H2,1-4H3. The Morgan fingerprint density at radius 1 is 1.26 bits per heavy atom. The van der Waals surface area contributed by atoms with E-state index < -0.39 is 17.3 Å². The number of hydrogen-bond donors (Lipinski definition) is 3. The van der Waals surface area contributed by atoms with E-state index in [0.717, 1.165) is 24.0 Å². The van der Waals surface area contributed by atoms with E-state index in [1.165, 1.54) is 0 Å². The van der Waals surface area contributed by atoms with Crippen LogP contribution in [0.15, 0.2) is 17.7 Å². The molecule has 1 aliphatic carbocycles. The quantitative estimate of drug-likeness (QED) is 0.783. The molecule has 23 heavy (non-hydrogen) atoms. The summed E-state index contributed by atoms with van der Waals surface area (Å²) in [6.45, 7) is 7.68. The number of ether oxygens (including phenoxy) is 1. The molecule has 4 nitrogen and oxygen atoms in total. The van der Waals surface area contributed by atoms with Crippen LogP contribution in [-0.2, 0) is 6.42 Å². The molecular formula is C19H26O4. The summed E-state index contributed by atoms with van der Waals surface area (Å²) in [5.41, 5.74) is 1.39. The number of rotatable bonds is 2. The van der Waals surface area contributed by atoms with Gasteiger partial charge in [-0.05, 0) is 63.3 Å². The van der Waals surface area contributed by atoms with Crippen LogP contribution in [0.1, 0.15) is 58.1 Å². The van der Waals surface area contributed by atoms with Crippen molar-refractivity contribution < 1.29 is 20.1 Å². The van der Waals surface area contributed by atoms with Gasteiger partial charge >= 0.3 is 0 Å². The van der Waals surface area contributed by atoms with Gasteiger partial charge in [0.05, 0.1) is 11.2 Å². The molecule has 0 bridgehead atoms. The summed E-state index contributed by atoms with van der Waals surface area (Å²) in [5.74, 6) is 0.708. The maximum atomic E-state index is 10.7. The second-order valence-electron chi connectivity index (χ2n) is 7.50. The number of benzene rings is 1. The molecule has 0 saturated heterocycles. The highest BCUT2D eigenvalue weighted by atomic mass is 16.5. The van der Waals surface area contributed by atoms with E-state index in [9.17, 15) is 15.3 Å². The summed E-state index contributed by atoms with van der Waals surface area (Å²) in [6.07, 6.45) is 1.92. The maximum absolute atomic E-state index is 10.7. The first-order valence-corrected chi connectivity index (χ1v) is 8.36. The van der Waals surface area contributed by atoms with Gasteiger partial charge in [0.2, 0.25) is 0 Å². The Bertz CT molecular complexity index is 670. The van der Waals surface area contributed by atoms with Crippen LogP contribution in [0.5, 0.6) is 11.5 Å². The van der Waals surface area contributed by atoms with Crippen molar-refractivity contribution in [3.8, 4) is 11.5 Å². The van der Waals surface area contributed by atoms with Gasteiger partial charge in [-0.3, -0.25) is 0 Å². The first kappa shape index (κ1) is 16.3. The van der Waals surface area contributed by atoms with Crippen molar-refractivity contribution >= 4 is 5.57 Å². The Morgan fingerprint density at radius 2 is 1.96 bits per heavy atom. The Hall–Kier alpha value is -1.52. The molecule has 2 unspecified atom stereocenters. The number of aryl methyl sites for hydroxylation is 1. The molecule has 2 aliphatic rings. The average Bonchev–Trinajstić information content (AvgIpc) is 2.42. The summed E-state index contributed by atoms with van der Waals surface area (Å²) in [7, 11) is 0. The van der Waals surface area contributed by atoms with Gasteiger partial charge < -0.3 is 20.1 Å². The molecule has 3 N–H and O–H groups in total. The summed E-state index contributed by atoms with van der Waals surface area (Å²) in [5, 5.41) is 31.8. The van der Waals surface area contributed by atoms with Crippen LogP contribution in [-0.4, -0.2) is 32.6 Å². The van der Waals surface area contributed by atoms with Gasteiger partial charge in [-0.1, -0.05) is 13.3 Å². The Morgan fingerprint density at radius 3 is 2.61 bits per heavy atom. The minimum atomic E-state index is -1.20. The first-order valence-electron chi connectivity index (χ1n) is 8.36. The van der Waals surface area contributed by atoms with Crippen molar-refractivity contribution in [3.05, 3.63) is 28.8 Å². The third-order valence-electron chi connectivity index (χ3n) is 5.11. The molecule has 126 valence electrons. The molecule has 0 radical (unpaired) electrons. The van der Waals surface area contributed by atoms with Crippen LogP contribution in [0.2, 0.25) is 0 Å². The van der Waals surface area contributed by atoms with Gasteiger partial charge in [0.1, 0.15) is 23.2 Å². The third-order valence-corrected chi connectivity index (χ3v) is 5.11. The smallest absolute Gasteiger partial charge is 0.132 e. The van der Waals surface area contributed by atoms with Crippen molar-refractivity contribution in [2.24, 2.45) is 0 Å². The van der Waals surface area contributed by atoms with E-state index >= 15 is 0 Å². The minimum absolute atomic E-state index is 0.116. The van der Waals surface area contributed by atoms with Crippen LogP contribution in [0.3, 0.4) is 0 Å². The maximum Gasteiger partial charge on any atom is 0.132 e. The average molecular weight is 318 g/mol. The van der Waals surface area contributed by atoms with Gasteiger partial charge in [-0.15, -0.1) is 0 Å². The lowest BCUT2D eigenvalue weighted by molar-refractivity contribution is -0.0476. The molecule has 0 spiro atoms. The fourth-order valence-corrected chi connectivity index (χ4v) is 3.82. The molecule has 0 fully saturated rings. The summed E-state index contributed by atoms with van der Waals surface area (Å²) in [6, 6.07) is 3.69. The number of aliphatic hydroxyl groups is 2. The first-order chi connectivity index (χ1) is 10.7. The second-order valence-corrected chi connectivity index (χ2v) is 7.50. The van der Waals surface area contributed by atoms with E-state index in [2.05, 4.69) is 6.92 Å². The van der Waals surface area contributed by atoms with Gasteiger partial charge in [0.25, 0.3) is 0 Å². The number of phenols is 1. The van der Waals surface area contributed by atoms with E-state index in [-0.39, 0.29) is 5.75 Å². The number of aromatic hydroxyl groups is 1. The lowest BCUT2D eigenvalue weighted by Gasteiger charge is -2.45. The largest absolute Gasteiger partial charge is 0.507 e. The van der Waals surface area contributed by atoms with Gasteiger partial charge in [0, 0.05) is 5.57 Å². The predicted molar refractivity (Wildman–Crippen MR) is 89.6 cm³/mol. The highest BCUT2D eigenvalue weighted by molar-refractivity contribution is 5.84. The van der Waals surface area contributed by atoms with Crippen molar-refractivity contribution in [1.82, 2.24) is 0 Å². The number of phenolic OH excluding ortho intramolecular Hbond substituents is 1. The van der Waals surface area contributed by atoms with Crippen molar-refractivity contribution in [1.29, 1.82) is 0 Å². The summed E-state index contributed by atoms with van der Waals surface area (Å²) < 4.78 is 6.16. The summed E-state index contributed by atoms with van der Waals surface area (Å²) >= 11 is 0. The second kappa shape index (κ2) is 5.25. The van der Waals surface area contributed by atoms with Gasteiger partial charge in [-0.2, -0.15) is 0 Å². The number of hydrogen-bond acceptors (Lipinski definition) is 4. The molecule has 4 heteroatoms. The normalized spacial score (nSPS) is 28.9. The number of fused-ring (bicyclic) bond motifs is 2. The SMILES string of the molecule is CCCc1cc(O)c2c(c1)OC(C)(C)C1=C2C(O)C(C)(O)CC1. The zero-order valence-electron chi connectivity index (χ0n) is 14.3. The lowest BCUT2D eigenvalue weighted by atomic mass is 9.71. The third kappa shape index (κ3) is 2.54. The zero-order chi connectivity index (χ0) is 17.0. The Balaban J connectivity index is 2.23. The fourth-order valence-electron chi connectivity index (χ4n) is 3.82. The highest BCUT2D eigenvalue weighted by Gasteiger charge is 2.47. The molecule has 1 aliphatic heterocycles. The topological polar surface area (TPSA) is 69.9 Å². The molecule has 1 aromatic rings. The molecule has 0 saturated carbocycles. The van der Waals surface area contributed by atoms with Crippen LogP contribution in [0.25, 0.3) is 5.57 Å². The molecule has 1 aromatic carbocycles. The lowest BCUT2D eigenvalue weighted by Crippen LogP contribution is -2.48. The fraction of sp³-hybridized carbons (Fsp3) is 0.579. The molecule has 2 atom stereocenters. The predicted octanol–water partition coefficient (Wildman–Crippen LogP) is 3.18. The Kier molecular flexibility index (Phi) is 3.73. The monoisotopic (exact) mass is 318 g/mol. The molecule has 3 rings (SSSR count). The highest BCUT2D eigenvalue weighted by Crippen LogP contribution is 2.52. The summed E-state index contributed by atoms with van der Waals surface area (Å²) in [4.78, 5) is 0. The number of aliphatic hydroxyl groups excluding tert-OH is 1. The molecule has 1 heterocycles. The van der Waals surface area contributed by atoms with E-state index in [1.54, 1.807) is 13.0 Å². The van der Waals surface area contributed by atoms with Crippen molar-refractivity contribution in [2.45, 2.75) is 70.7 Å². The van der Waals surface area contributed by atoms with E-state index in [1.807, 2.05) is 19.9 Å². The van der Waals surface area contributed by atoms with Crippen LogP contribution in [0, 0.1) is 0 Å². The van der Waals surface area contributed by atoms with Crippen molar-refractivity contribution in [3.63, 3.8) is 0 Å². The van der Waals surface area contributed by atoms with E-state index in [4.69, 9.17) is 4.74 Å². The van der Waals surface area contributed by atoms with Crippen LogP contribution in [0.4, 0.5) is 0 Å². The molecule has 0 amide bonds. The van der Waals surface area contributed by atoms with Gasteiger partial charge in [0.15, 0.2) is 0 Å². The van der Waals surface area contributed by atoms with E-state index in [0.29, 0.717) is 29.7 Å². The van der Waals surface area contributed by atoms with Crippen molar-refractivity contribution in [2.75, 3.05) is 0 Å². The van der Waals surface area contributed by atoms with Crippen LogP contribution < -0.4 is 4.74 Å².